The Labute approximate surface area is 115 Å². The normalized spacial score (nSPS) is 17.7. The summed E-state index contributed by atoms with van der Waals surface area (Å²) in [4.78, 5) is 13.2. The molecular weight excluding hydrogens is 261 g/mol. The van der Waals surface area contributed by atoms with Crippen LogP contribution in [0.2, 0.25) is 0 Å². The highest BCUT2D eigenvalue weighted by molar-refractivity contribution is 5.80. The van der Waals surface area contributed by atoms with E-state index in [9.17, 15) is 4.48 Å². The van der Waals surface area contributed by atoms with Gasteiger partial charge in [-0.2, -0.15) is 9.78 Å². The minimum absolute atomic E-state index is 0.194. The predicted octanol–water partition coefficient (Wildman–Crippen LogP) is 1.28. The number of piperidine rings is 1. The molecule has 0 bridgehead atoms. The molecule has 0 saturated carbocycles. The van der Waals surface area contributed by atoms with Crippen LogP contribution in [0.1, 0.15) is 30.1 Å². The van der Waals surface area contributed by atoms with Gasteiger partial charge in [0.1, 0.15) is 12.7 Å². The Morgan fingerprint density at radius 3 is 2.80 bits per heavy atom. The van der Waals surface area contributed by atoms with Crippen molar-refractivity contribution in [2.24, 2.45) is 5.21 Å². The van der Waals surface area contributed by atoms with Crippen molar-refractivity contribution >= 4 is 5.96 Å². The maximum absolute atomic E-state index is 12.9. The summed E-state index contributed by atoms with van der Waals surface area (Å²) in [5.41, 5.74) is 2.23. The number of halogens is 1. The van der Waals surface area contributed by atoms with Crippen LogP contribution in [0.4, 0.5) is 4.48 Å². The first-order chi connectivity index (χ1) is 9.79. The monoisotopic (exact) mass is 277 g/mol. The molecular formula is C12H16FN7. The number of imidazole rings is 1. The van der Waals surface area contributed by atoms with Gasteiger partial charge in [-0.1, -0.05) is 4.48 Å². The first kappa shape index (κ1) is 12.8. The van der Waals surface area contributed by atoms with E-state index in [1.54, 1.807) is 6.33 Å². The number of H-pyrrole nitrogens is 1. The number of aromatic nitrogens is 5. The van der Waals surface area contributed by atoms with Gasteiger partial charge in [0.15, 0.2) is 0 Å². The Bertz CT molecular complexity index is 581. The lowest BCUT2D eigenvalue weighted by molar-refractivity contribution is 0.293. The number of hydrogen-bond acceptors (Lipinski definition) is 4. The molecule has 3 rings (SSSR count). The van der Waals surface area contributed by atoms with Crippen LogP contribution < -0.4 is 0 Å². The summed E-state index contributed by atoms with van der Waals surface area (Å²) in [7, 11) is 0. The van der Waals surface area contributed by atoms with Crippen LogP contribution in [0.5, 0.6) is 0 Å². The third kappa shape index (κ3) is 2.28. The van der Waals surface area contributed by atoms with Gasteiger partial charge >= 0.3 is 0 Å². The van der Waals surface area contributed by atoms with Gasteiger partial charge in [0.2, 0.25) is 0 Å². The number of hydrogen-bond donors (Lipinski definition) is 1. The summed E-state index contributed by atoms with van der Waals surface area (Å²) in [5.74, 6) is 0.605. The molecule has 1 saturated heterocycles. The van der Waals surface area contributed by atoms with Crippen LogP contribution in [0.15, 0.2) is 24.2 Å². The Morgan fingerprint density at radius 1 is 1.45 bits per heavy atom. The largest absolute Gasteiger partial charge is 0.348 e. The fourth-order valence-corrected chi connectivity index (χ4v) is 2.68. The molecule has 3 heterocycles. The van der Waals surface area contributed by atoms with E-state index in [-0.39, 0.29) is 5.96 Å². The summed E-state index contributed by atoms with van der Waals surface area (Å²) >= 11 is 0. The predicted molar refractivity (Wildman–Crippen MR) is 70.8 cm³/mol. The van der Waals surface area contributed by atoms with E-state index in [4.69, 9.17) is 0 Å². The number of likely N-dealkylation sites (tertiary alicyclic amines) is 1. The molecule has 0 amide bonds. The maximum atomic E-state index is 12.9. The zero-order chi connectivity index (χ0) is 13.9. The van der Waals surface area contributed by atoms with E-state index in [0.717, 1.165) is 37.3 Å². The molecule has 2 aromatic rings. The van der Waals surface area contributed by atoms with Crippen molar-refractivity contribution in [2.45, 2.75) is 25.7 Å². The standard InChI is InChI=1S/C12H16FN7/c1-9-11(16-7-15-9)10-2-4-19(5-3-10)12(18-13)20-8-14-6-17-20/h6-8,10H,2-5H2,1H3,(H,15,16)/b18-12+. The Kier molecular flexibility index (Phi) is 3.44. The number of rotatable bonds is 1. The Balaban J connectivity index is 1.68. The molecule has 1 fully saturated rings. The third-order valence-electron chi connectivity index (χ3n) is 3.73. The summed E-state index contributed by atoms with van der Waals surface area (Å²) in [6, 6.07) is 0. The molecule has 8 heteroatoms. The van der Waals surface area contributed by atoms with Crippen molar-refractivity contribution in [2.75, 3.05) is 13.1 Å². The molecule has 1 aliphatic heterocycles. The van der Waals surface area contributed by atoms with Crippen LogP contribution in [0, 0.1) is 6.92 Å². The van der Waals surface area contributed by atoms with Gasteiger partial charge in [-0.25, -0.2) is 9.97 Å². The molecule has 1 N–H and O–H groups in total. The van der Waals surface area contributed by atoms with E-state index in [1.807, 2.05) is 11.8 Å². The summed E-state index contributed by atoms with van der Waals surface area (Å²) in [6.45, 7) is 3.47. The van der Waals surface area contributed by atoms with Gasteiger partial charge in [-0.15, -0.1) is 0 Å². The second kappa shape index (κ2) is 5.40. The van der Waals surface area contributed by atoms with Gasteiger partial charge in [-0.05, 0) is 25.0 Å². The van der Waals surface area contributed by atoms with Crippen molar-refractivity contribution in [3.05, 3.63) is 30.4 Å². The zero-order valence-corrected chi connectivity index (χ0v) is 11.2. The topological polar surface area (TPSA) is 75.0 Å². The average molecular weight is 277 g/mol. The third-order valence-corrected chi connectivity index (χ3v) is 3.73. The molecule has 0 spiro atoms. The number of aryl methyl sites for hydroxylation is 1. The van der Waals surface area contributed by atoms with E-state index in [2.05, 4.69) is 25.3 Å². The minimum Gasteiger partial charge on any atom is -0.348 e. The Hall–Kier alpha value is -2.25. The van der Waals surface area contributed by atoms with Crippen LogP contribution in [0.3, 0.4) is 0 Å². The molecule has 1 aliphatic rings. The molecule has 0 radical (unpaired) electrons. The second-order valence-corrected chi connectivity index (χ2v) is 4.90. The van der Waals surface area contributed by atoms with Gasteiger partial charge in [0, 0.05) is 24.7 Å². The van der Waals surface area contributed by atoms with Gasteiger partial charge in [0.05, 0.1) is 12.0 Å². The van der Waals surface area contributed by atoms with E-state index in [1.165, 1.54) is 17.3 Å². The van der Waals surface area contributed by atoms with Crippen molar-refractivity contribution in [1.29, 1.82) is 0 Å². The SMILES string of the molecule is Cc1[nH]cnc1C1CCN(/C(=N\F)n2cncn2)CC1. The van der Waals surface area contributed by atoms with Gasteiger partial charge in [-0.3, -0.25) is 0 Å². The van der Waals surface area contributed by atoms with Crippen LogP contribution in [0.25, 0.3) is 0 Å². The first-order valence-electron chi connectivity index (χ1n) is 6.58. The number of aromatic amines is 1. The summed E-state index contributed by atoms with van der Waals surface area (Å²) < 4.78 is 14.2. The zero-order valence-electron chi connectivity index (χ0n) is 11.2. The van der Waals surface area contributed by atoms with E-state index in [0.29, 0.717) is 5.92 Å². The van der Waals surface area contributed by atoms with Crippen molar-refractivity contribution in [1.82, 2.24) is 29.6 Å². The first-order valence-corrected chi connectivity index (χ1v) is 6.58. The van der Waals surface area contributed by atoms with Crippen LogP contribution in [-0.4, -0.2) is 48.7 Å². The lowest BCUT2D eigenvalue weighted by Gasteiger charge is -2.32. The molecule has 0 atom stereocenters. The fourth-order valence-electron chi connectivity index (χ4n) is 2.68. The molecule has 20 heavy (non-hydrogen) atoms. The lowest BCUT2D eigenvalue weighted by atomic mass is 9.93. The van der Waals surface area contributed by atoms with E-state index < -0.39 is 0 Å². The second-order valence-electron chi connectivity index (χ2n) is 4.90. The van der Waals surface area contributed by atoms with Crippen LogP contribution >= 0.6 is 0 Å². The quantitative estimate of drug-likeness (QED) is 0.629. The molecule has 2 aromatic heterocycles. The highest BCUT2D eigenvalue weighted by Crippen LogP contribution is 2.28. The van der Waals surface area contributed by atoms with E-state index >= 15 is 0 Å². The number of nitrogens with one attached hydrogen (secondary N) is 1. The minimum atomic E-state index is 0.194. The molecule has 0 aliphatic carbocycles. The van der Waals surface area contributed by atoms with Crippen LogP contribution in [-0.2, 0) is 0 Å². The van der Waals surface area contributed by atoms with Gasteiger partial charge < -0.3 is 9.88 Å². The number of nitrogens with zero attached hydrogens (tertiary/aromatic N) is 6. The molecule has 7 nitrogen and oxygen atoms in total. The summed E-state index contributed by atoms with van der Waals surface area (Å²) in [6.07, 6.45) is 6.37. The van der Waals surface area contributed by atoms with Crippen molar-refractivity contribution < 1.29 is 4.48 Å². The van der Waals surface area contributed by atoms with Gasteiger partial charge in [0.25, 0.3) is 5.96 Å². The highest BCUT2D eigenvalue weighted by Gasteiger charge is 2.26. The Morgan fingerprint density at radius 2 is 2.25 bits per heavy atom. The van der Waals surface area contributed by atoms with Crippen molar-refractivity contribution in [3.63, 3.8) is 0 Å². The fraction of sp³-hybridized carbons (Fsp3) is 0.500. The van der Waals surface area contributed by atoms with Crippen molar-refractivity contribution in [3.8, 4) is 0 Å². The average Bonchev–Trinajstić information content (AvgIpc) is 3.12. The molecule has 0 unspecified atom stereocenters. The summed E-state index contributed by atoms with van der Waals surface area (Å²) in [5, 5.41) is 6.76. The molecule has 106 valence electrons. The molecule has 0 aromatic carbocycles. The maximum Gasteiger partial charge on any atom is 0.258 e. The lowest BCUT2D eigenvalue weighted by Crippen LogP contribution is -2.41. The smallest absolute Gasteiger partial charge is 0.258 e. The highest BCUT2D eigenvalue weighted by atomic mass is 19.2.